The van der Waals surface area contributed by atoms with E-state index in [2.05, 4.69) is 38.2 Å². The lowest BCUT2D eigenvalue weighted by atomic mass is 10.1. The smallest absolute Gasteiger partial charge is 0.318 e. The van der Waals surface area contributed by atoms with E-state index in [0.29, 0.717) is 17.9 Å². The normalized spacial score (nSPS) is 26.3. The summed E-state index contributed by atoms with van der Waals surface area (Å²) >= 11 is 0. The zero-order valence-corrected chi connectivity index (χ0v) is 13.4. The van der Waals surface area contributed by atoms with Crippen LogP contribution < -0.4 is 4.90 Å². The first-order valence-electron chi connectivity index (χ1n) is 8.81. The molecule has 0 spiro atoms. The van der Waals surface area contributed by atoms with Crippen molar-refractivity contribution in [2.24, 2.45) is 0 Å². The molecule has 0 saturated carbocycles. The van der Waals surface area contributed by atoms with Crippen LogP contribution in [0.25, 0.3) is 11.5 Å². The maximum Gasteiger partial charge on any atom is 0.318 e. The van der Waals surface area contributed by atoms with Crippen molar-refractivity contribution in [2.75, 3.05) is 31.1 Å². The van der Waals surface area contributed by atoms with Crippen LogP contribution in [0.2, 0.25) is 0 Å². The summed E-state index contributed by atoms with van der Waals surface area (Å²) in [5, 5.41) is 8.69. The molecule has 0 atom stereocenters. The highest BCUT2D eigenvalue weighted by atomic mass is 16.4. The van der Waals surface area contributed by atoms with Crippen LogP contribution in [0.4, 0.5) is 6.01 Å². The number of hydrogen-bond acceptors (Lipinski definition) is 5. The maximum atomic E-state index is 6.06. The van der Waals surface area contributed by atoms with Gasteiger partial charge in [0.2, 0.25) is 5.89 Å². The number of aromatic nitrogens is 2. The summed E-state index contributed by atoms with van der Waals surface area (Å²) in [6.07, 6.45) is 6.05. The van der Waals surface area contributed by atoms with E-state index in [1.807, 2.05) is 0 Å². The van der Waals surface area contributed by atoms with Gasteiger partial charge < -0.3 is 14.2 Å². The topological polar surface area (TPSA) is 45.4 Å². The fraction of sp³-hybridized carbons (Fsp3) is 0.556. The first-order chi connectivity index (χ1) is 11.4. The van der Waals surface area contributed by atoms with E-state index in [1.54, 1.807) is 0 Å². The fourth-order valence-electron chi connectivity index (χ4n) is 4.29. The first kappa shape index (κ1) is 13.5. The third-order valence-electron chi connectivity index (χ3n) is 5.66. The van der Waals surface area contributed by atoms with Gasteiger partial charge in [-0.1, -0.05) is 11.2 Å². The molecule has 3 saturated heterocycles. The molecule has 5 nitrogen and oxygen atoms in total. The Kier molecular flexibility index (Phi) is 3.14. The van der Waals surface area contributed by atoms with E-state index < -0.39 is 0 Å². The first-order valence-corrected chi connectivity index (χ1v) is 8.81. The van der Waals surface area contributed by atoms with Crippen LogP contribution in [-0.2, 0) is 12.8 Å². The van der Waals surface area contributed by atoms with Gasteiger partial charge in [0.25, 0.3) is 0 Å². The second-order valence-corrected chi connectivity index (χ2v) is 6.99. The van der Waals surface area contributed by atoms with E-state index in [1.165, 1.54) is 56.3 Å². The Morgan fingerprint density at radius 1 is 0.957 bits per heavy atom. The number of piperidine rings is 1. The molecule has 1 aromatic heterocycles. The van der Waals surface area contributed by atoms with E-state index in [4.69, 9.17) is 4.42 Å². The molecule has 23 heavy (non-hydrogen) atoms. The van der Waals surface area contributed by atoms with Crippen LogP contribution in [0.3, 0.4) is 0 Å². The zero-order valence-electron chi connectivity index (χ0n) is 13.4. The lowest BCUT2D eigenvalue weighted by Gasteiger charge is -2.29. The average molecular weight is 310 g/mol. The van der Waals surface area contributed by atoms with Crippen LogP contribution in [-0.4, -0.2) is 47.3 Å². The Balaban J connectivity index is 1.44. The molecule has 3 aliphatic heterocycles. The molecule has 1 aromatic carbocycles. The van der Waals surface area contributed by atoms with E-state index in [9.17, 15) is 0 Å². The number of fused-ring (bicyclic) bond motifs is 5. The van der Waals surface area contributed by atoms with Crippen molar-refractivity contribution in [3.63, 3.8) is 0 Å². The van der Waals surface area contributed by atoms with Gasteiger partial charge in [-0.15, -0.1) is 5.10 Å². The Hall–Kier alpha value is -1.88. The van der Waals surface area contributed by atoms with Gasteiger partial charge >= 0.3 is 6.01 Å². The van der Waals surface area contributed by atoms with Gasteiger partial charge in [0, 0.05) is 37.8 Å². The summed E-state index contributed by atoms with van der Waals surface area (Å²) in [5.74, 6) is 0.661. The van der Waals surface area contributed by atoms with Gasteiger partial charge in [-0.25, -0.2) is 0 Å². The molecule has 2 bridgehead atoms. The molecule has 4 aliphatic rings. The average Bonchev–Trinajstić information content (AvgIpc) is 3.17. The van der Waals surface area contributed by atoms with E-state index in [-0.39, 0.29) is 0 Å². The summed E-state index contributed by atoms with van der Waals surface area (Å²) in [6.45, 7) is 4.50. The van der Waals surface area contributed by atoms with Crippen molar-refractivity contribution >= 4 is 6.01 Å². The Bertz CT molecular complexity index is 718. The molecule has 5 heteroatoms. The van der Waals surface area contributed by atoms with Crippen LogP contribution in [0.5, 0.6) is 0 Å². The van der Waals surface area contributed by atoms with Crippen molar-refractivity contribution < 1.29 is 4.42 Å². The Morgan fingerprint density at radius 3 is 2.74 bits per heavy atom. The summed E-state index contributed by atoms with van der Waals surface area (Å²) in [5.41, 5.74) is 3.99. The van der Waals surface area contributed by atoms with Gasteiger partial charge in [-0.2, -0.15) is 0 Å². The zero-order chi connectivity index (χ0) is 15.2. The predicted molar refractivity (Wildman–Crippen MR) is 88.6 cm³/mol. The number of benzene rings is 1. The van der Waals surface area contributed by atoms with E-state index in [0.717, 1.165) is 18.7 Å². The predicted octanol–water partition coefficient (Wildman–Crippen LogP) is 2.51. The number of hydrogen-bond donors (Lipinski definition) is 0. The molecule has 4 heterocycles. The molecule has 1 aliphatic carbocycles. The van der Waals surface area contributed by atoms with Crippen LogP contribution in [0, 0.1) is 0 Å². The van der Waals surface area contributed by atoms with Crippen LogP contribution in [0.1, 0.15) is 30.4 Å². The third kappa shape index (κ3) is 2.34. The van der Waals surface area contributed by atoms with Crippen molar-refractivity contribution in [2.45, 2.75) is 38.1 Å². The summed E-state index contributed by atoms with van der Waals surface area (Å²) in [6, 6.07) is 7.85. The van der Waals surface area contributed by atoms with Crippen molar-refractivity contribution in [1.82, 2.24) is 15.1 Å². The second kappa shape index (κ2) is 5.34. The maximum absolute atomic E-state index is 6.06. The lowest BCUT2D eigenvalue weighted by Crippen LogP contribution is -2.38. The number of aryl methyl sites for hydroxylation is 2. The molecule has 0 N–H and O–H groups in total. The second-order valence-electron chi connectivity index (χ2n) is 6.99. The number of nitrogens with zero attached hydrogens (tertiary/aromatic N) is 4. The van der Waals surface area contributed by atoms with Gasteiger partial charge in [0.1, 0.15) is 0 Å². The van der Waals surface area contributed by atoms with Crippen LogP contribution >= 0.6 is 0 Å². The monoisotopic (exact) mass is 310 g/mol. The van der Waals surface area contributed by atoms with Gasteiger partial charge in [0.15, 0.2) is 0 Å². The van der Waals surface area contributed by atoms with Crippen molar-refractivity contribution in [3.8, 4) is 11.5 Å². The third-order valence-corrected chi connectivity index (χ3v) is 5.66. The minimum absolute atomic E-state index is 0.557. The van der Waals surface area contributed by atoms with E-state index >= 15 is 0 Å². The highest BCUT2D eigenvalue weighted by molar-refractivity contribution is 5.57. The van der Waals surface area contributed by atoms with Crippen molar-refractivity contribution in [3.05, 3.63) is 29.3 Å². The molecule has 3 fully saturated rings. The quantitative estimate of drug-likeness (QED) is 0.853. The largest absolute Gasteiger partial charge is 0.403 e. The summed E-state index contributed by atoms with van der Waals surface area (Å²) in [7, 11) is 0. The fourth-order valence-corrected chi connectivity index (χ4v) is 4.29. The summed E-state index contributed by atoms with van der Waals surface area (Å²) < 4.78 is 6.06. The molecule has 0 radical (unpaired) electrons. The molecule has 120 valence electrons. The number of rotatable bonds is 2. The minimum Gasteiger partial charge on any atom is -0.403 e. The minimum atomic E-state index is 0.557. The molecule has 2 aromatic rings. The van der Waals surface area contributed by atoms with Gasteiger partial charge in [-0.05, 0) is 55.4 Å². The molecular weight excluding hydrogens is 288 g/mol. The van der Waals surface area contributed by atoms with Crippen LogP contribution in [0.15, 0.2) is 22.6 Å². The Labute approximate surface area is 136 Å². The standard InChI is InChI=1S/C18H22N4O/c1-2-13-4-5-15(12-14(13)3-1)17-19-20-18(23-17)22-11-10-21-8-6-16(22)7-9-21/h4-5,12,16H,1-3,6-11H2. The summed E-state index contributed by atoms with van der Waals surface area (Å²) in [4.78, 5) is 4.87. The molecule has 6 rings (SSSR count). The highest BCUT2D eigenvalue weighted by Crippen LogP contribution is 2.31. The molecule has 0 amide bonds. The highest BCUT2D eigenvalue weighted by Gasteiger charge is 2.32. The molecular formula is C18H22N4O. The molecule has 0 unspecified atom stereocenters. The number of anilines is 1. The Morgan fingerprint density at radius 2 is 1.83 bits per heavy atom. The van der Waals surface area contributed by atoms with Gasteiger partial charge in [0.05, 0.1) is 0 Å². The van der Waals surface area contributed by atoms with Crippen molar-refractivity contribution in [1.29, 1.82) is 0 Å². The van der Waals surface area contributed by atoms with Gasteiger partial charge in [-0.3, -0.25) is 0 Å². The SMILES string of the molecule is c1cc2c(cc1-c1nnc(N3CCN4CCC3CC4)o1)CCC2. The lowest BCUT2D eigenvalue weighted by molar-refractivity contribution is 0.249.